The van der Waals surface area contributed by atoms with Crippen molar-refractivity contribution >= 4 is 29.0 Å². The van der Waals surface area contributed by atoms with E-state index < -0.39 is 5.82 Å². The molecular formula is C19H21ClFN3O. The van der Waals surface area contributed by atoms with Crippen LogP contribution in [0.1, 0.15) is 12.5 Å². The fourth-order valence-corrected chi connectivity index (χ4v) is 3.17. The summed E-state index contributed by atoms with van der Waals surface area (Å²) in [6.07, 6.45) is 0.871. The van der Waals surface area contributed by atoms with E-state index in [1.54, 1.807) is 17.0 Å². The number of piperazine rings is 1. The molecule has 0 saturated carbocycles. The number of carbonyl (C=O) groups is 1. The molecule has 0 aliphatic carbocycles. The van der Waals surface area contributed by atoms with Gasteiger partial charge in [-0.3, -0.25) is 0 Å². The minimum Gasteiger partial charge on any atom is -0.368 e. The summed E-state index contributed by atoms with van der Waals surface area (Å²) in [5.74, 6) is -0.419. The third-order valence-corrected chi connectivity index (χ3v) is 4.76. The third-order valence-electron chi connectivity index (χ3n) is 4.48. The fourth-order valence-electron chi connectivity index (χ4n) is 2.99. The summed E-state index contributed by atoms with van der Waals surface area (Å²) in [4.78, 5) is 16.4. The number of urea groups is 1. The Balaban J connectivity index is 1.60. The van der Waals surface area contributed by atoms with Crippen molar-refractivity contribution in [1.29, 1.82) is 0 Å². The van der Waals surface area contributed by atoms with E-state index >= 15 is 0 Å². The topological polar surface area (TPSA) is 35.6 Å². The number of nitrogens with one attached hydrogen (secondary N) is 1. The highest BCUT2D eigenvalue weighted by atomic mass is 35.5. The molecule has 2 amide bonds. The van der Waals surface area contributed by atoms with Crippen molar-refractivity contribution in [2.45, 2.75) is 13.3 Å². The number of anilines is 2. The summed E-state index contributed by atoms with van der Waals surface area (Å²) in [7, 11) is 0. The van der Waals surface area contributed by atoms with Crippen LogP contribution >= 0.6 is 11.6 Å². The van der Waals surface area contributed by atoms with Crippen molar-refractivity contribution in [2.24, 2.45) is 0 Å². The van der Waals surface area contributed by atoms with Crippen molar-refractivity contribution in [1.82, 2.24) is 4.90 Å². The summed E-state index contributed by atoms with van der Waals surface area (Å²) in [6.45, 7) is 4.65. The lowest BCUT2D eigenvalue weighted by molar-refractivity contribution is 0.208. The van der Waals surface area contributed by atoms with E-state index in [9.17, 15) is 9.18 Å². The molecule has 0 unspecified atom stereocenters. The number of carbonyl (C=O) groups excluding carboxylic acids is 1. The lowest BCUT2D eigenvalue weighted by Gasteiger charge is -2.36. The quantitative estimate of drug-likeness (QED) is 0.879. The summed E-state index contributed by atoms with van der Waals surface area (Å²) in [5.41, 5.74) is 2.86. The molecule has 0 spiro atoms. The number of hydrogen-bond donors (Lipinski definition) is 1. The zero-order chi connectivity index (χ0) is 17.8. The lowest BCUT2D eigenvalue weighted by atomic mass is 10.1. The van der Waals surface area contributed by atoms with Crippen LogP contribution in [0.3, 0.4) is 0 Å². The molecule has 4 nitrogen and oxygen atoms in total. The molecule has 1 aliphatic rings. The number of rotatable bonds is 3. The van der Waals surface area contributed by atoms with Crippen LogP contribution in [0.25, 0.3) is 0 Å². The molecule has 0 aromatic heterocycles. The number of amides is 2. The average molecular weight is 362 g/mol. The second-order valence-electron chi connectivity index (χ2n) is 6.01. The zero-order valence-corrected chi connectivity index (χ0v) is 14.9. The van der Waals surface area contributed by atoms with Crippen LogP contribution in [-0.4, -0.2) is 37.1 Å². The van der Waals surface area contributed by atoms with Gasteiger partial charge in [-0.15, -0.1) is 0 Å². The van der Waals surface area contributed by atoms with Crippen molar-refractivity contribution in [3.8, 4) is 0 Å². The van der Waals surface area contributed by atoms with Gasteiger partial charge in [0.1, 0.15) is 5.82 Å². The van der Waals surface area contributed by atoms with Crippen molar-refractivity contribution in [3.05, 3.63) is 58.9 Å². The Kier molecular flexibility index (Phi) is 5.43. The average Bonchev–Trinajstić information content (AvgIpc) is 2.64. The highest BCUT2D eigenvalue weighted by molar-refractivity contribution is 6.31. The molecular weight excluding hydrogens is 341 g/mol. The minimum atomic E-state index is -0.419. The molecule has 0 atom stereocenters. The van der Waals surface area contributed by atoms with E-state index in [-0.39, 0.29) is 11.1 Å². The van der Waals surface area contributed by atoms with E-state index in [1.165, 1.54) is 6.07 Å². The molecule has 1 aliphatic heterocycles. The Bertz CT molecular complexity index is 760. The first-order chi connectivity index (χ1) is 12.1. The van der Waals surface area contributed by atoms with Gasteiger partial charge < -0.3 is 15.1 Å². The highest BCUT2D eigenvalue weighted by Gasteiger charge is 2.22. The highest BCUT2D eigenvalue weighted by Crippen LogP contribution is 2.24. The summed E-state index contributed by atoms with van der Waals surface area (Å²) in [5, 5.41) is 3.12. The van der Waals surface area contributed by atoms with E-state index in [2.05, 4.69) is 17.1 Å². The minimum absolute atomic E-state index is 0.0855. The van der Waals surface area contributed by atoms with Gasteiger partial charge in [0.25, 0.3) is 0 Å². The lowest BCUT2D eigenvalue weighted by Crippen LogP contribution is -2.50. The molecule has 2 aromatic carbocycles. The summed E-state index contributed by atoms with van der Waals surface area (Å²) < 4.78 is 13.3. The Labute approximate surface area is 152 Å². The molecule has 25 heavy (non-hydrogen) atoms. The molecule has 1 N–H and O–H groups in total. The Morgan fingerprint density at radius 1 is 1.16 bits per heavy atom. The van der Waals surface area contributed by atoms with Crippen LogP contribution in [0, 0.1) is 5.82 Å². The molecule has 3 rings (SSSR count). The molecule has 1 fully saturated rings. The number of hydrogen-bond acceptors (Lipinski definition) is 2. The first-order valence-corrected chi connectivity index (χ1v) is 8.80. The molecule has 0 radical (unpaired) electrons. The van der Waals surface area contributed by atoms with Gasteiger partial charge in [-0.05, 0) is 36.2 Å². The van der Waals surface area contributed by atoms with Crippen LogP contribution in [0.5, 0.6) is 0 Å². The van der Waals surface area contributed by atoms with Crippen molar-refractivity contribution < 1.29 is 9.18 Å². The number of aryl methyl sites for hydroxylation is 1. The van der Waals surface area contributed by atoms with Gasteiger partial charge in [-0.1, -0.05) is 36.7 Å². The van der Waals surface area contributed by atoms with E-state index in [0.29, 0.717) is 26.2 Å². The monoisotopic (exact) mass is 361 g/mol. The number of para-hydroxylation sites is 1. The molecule has 132 valence electrons. The van der Waals surface area contributed by atoms with Crippen LogP contribution in [0.15, 0.2) is 42.5 Å². The molecule has 6 heteroatoms. The Morgan fingerprint density at radius 3 is 2.56 bits per heavy atom. The van der Waals surface area contributed by atoms with Gasteiger partial charge in [-0.25, -0.2) is 9.18 Å². The second kappa shape index (κ2) is 7.74. The van der Waals surface area contributed by atoms with Gasteiger partial charge >= 0.3 is 6.03 Å². The van der Waals surface area contributed by atoms with Gasteiger partial charge in [0.2, 0.25) is 0 Å². The van der Waals surface area contributed by atoms with E-state index in [4.69, 9.17) is 11.6 Å². The predicted molar refractivity (Wildman–Crippen MR) is 100 cm³/mol. The maximum absolute atomic E-state index is 13.3. The molecule has 1 saturated heterocycles. The maximum Gasteiger partial charge on any atom is 0.321 e. The molecule has 0 bridgehead atoms. The van der Waals surface area contributed by atoms with Gasteiger partial charge in [-0.2, -0.15) is 0 Å². The summed E-state index contributed by atoms with van der Waals surface area (Å²) in [6, 6.07) is 12.5. The van der Waals surface area contributed by atoms with Gasteiger partial charge in [0, 0.05) is 37.6 Å². The second-order valence-corrected chi connectivity index (χ2v) is 6.42. The first kappa shape index (κ1) is 17.5. The normalized spacial score (nSPS) is 14.5. The summed E-state index contributed by atoms with van der Waals surface area (Å²) >= 11 is 5.85. The predicted octanol–water partition coefficient (Wildman–Crippen LogP) is 4.40. The zero-order valence-electron chi connectivity index (χ0n) is 14.1. The van der Waals surface area contributed by atoms with Crippen LogP contribution < -0.4 is 10.2 Å². The van der Waals surface area contributed by atoms with Crippen molar-refractivity contribution in [3.63, 3.8) is 0 Å². The number of nitrogens with zero attached hydrogens (tertiary/aromatic N) is 2. The fraction of sp³-hybridized carbons (Fsp3) is 0.316. The van der Waals surface area contributed by atoms with Gasteiger partial charge in [0.05, 0.1) is 5.02 Å². The largest absolute Gasteiger partial charge is 0.368 e. The smallest absolute Gasteiger partial charge is 0.321 e. The van der Waals surface area contributed by atoms with Crippen LogP contribution in [0.2, 0.25) is 5.02 Å². The number of benzene rings is 2. The molecule has 1 heterocycles. The van der Waals surface area contributed by atoms with E-state index in [0.717, 1.165) is 23.4 Å². The van der Waals surface area contributed by atoms with Gasteiger partial charge in [0.15, 0.2) is 0 Å². The maximum atomic E-state index is 13.3. The Hall–Kier alpha value is -2.27. The first-order valence-electron chi connectivity index (χ1n) is 8.42. The van der Waals surface area contributed by atoms with Crippen LogP contribution in [0.4, 0.5) is 20.6 Å². The standard InChI is InChI=1S/C19H21ClFN3O/c1-2-14-5-3-4-6-18(14)22-19(25)24-11-9-23(10-12-24)15-7-8-17(21)16(20)13-15/h3-8,13H,2,9-12H2,1H3,(H,22,25). The number of halogens is 2. The van der Waals surface area contributed by atoms with E-state index in [1.807, 2.05) is 24.3 Å². The van der Waals surface area contributed by atoms with Crippen molar-refractivity contribution in [2.75, 3.05) is 36.4 Å². The SMILES string of the molecule is CCc1ccccc1NC(=O)N1CCN(c2ccc(F)c(Cl)c2)CC1. The molecule has 2 aromatic rings. The van der Waals surface area contributed by atoms with Crippen LogP contribution in [-0.2, 0) is 6.42 Å². The Morgan fingerprint density at radius 2 is 1.88 bits per heavy atom. The third kappa shape index (κ3) is 4.04.